The van der Waals surface area contributed by atoms with Crippen LogP contribution in [0.4, 0.5) is 0 Å². The van der Waals surface area contributed by atoms with E-state index in [2.05, 4.69) is 10.1 Å². The quantitative estimate of drug-likeness (QED) is 0.587. The molecular formula is C13H19Cl2NO4. The Bertz CT molecular complexity index is 415. The van der Waals surface area contributed by atoms with Crippen LogP contribution in [0.3, 0.4) is 0 Å². The molecule has 0 aliphatic rings. The summed E-state index contributed by atoms with van der Waals surface area (Å²) < 4.78 is 15.5. The van der Waals surface area contributed by atoms with Crippen LogP contribution in [-0.4, -0.2) is 46.5 Å². The number of likely N-dealkylation sites (N-methyl/N-ethyl adjacent to an activating group) is 1. The van der Waals surface area contributed by atoms with Gasteiger partial charge in [-0.15, -0.1) is 12.4 Å². The van der Waals surface area contributed by atoms with Crippen LogP contribution in [0, 0.1) is 0 Å². The fraction of sp³-hybridized carbons (Fsp3) is 0.462. The van der Waals surface area contributed by atoms with Crippen molar-refractivity contribution < 1.29 is 19.0 Å². The monoisotopic (exact) mass is 323 g/mol. The van der Waals surface area contributed by atoms with Crippen LogP contribution >= 0.6 is 24.0 Å². The summed E-state index contributed by atoms with van der Waals surface area (Å²) in [5.74, 6) is -0.0398. The lowest BCUT2D eigenvalue weighted by molar-refractivity contribution is 0.0591. The van der Waals surface area contributed by atoms with Gasteiger partial charge in [-0.3, -0.25) is 0 Å². The third-order valence-corrected chi connectivity index (χ3v) is 2.56. The molecule has 0 aliphatic heterocycles. The summed E-state index contributed by atoms with van der Waals surface area (Å²) in [5.41, 5.74) is 0.310. The molecule has 0 aliphatic carbocycles. The molecule has 1 aromatic rings. The van der Waals surface area contributed by atoms with E-state index in [1.165, 1.54) is 13.2 Å². The highest BCUT2D eigenvalue weighted by atomic mass is 35.5. The van der Waals surface area contributed by atoms with Crippen LogP contribution in [0.25, 0.3) is 0 Å². The third-order valence-electron chi connectivity index (χ3n) is 2.33. The number of methoxy groups -OCH3 is 1. The minimum atomic E-state index is -0.478. The zero-order valence-corrected chi connectivity index (χ0v) is 13.1. The smallest absolute Gasteiger partial charge is 0.341 e. The summed E-state index contributed by atoms with van der Waals surface area (Å²) in [4.78, 5) is 11.6. The summed E-state index contributed by atoms with van der Waals surface area (Å²) in [6, 6.07) is 4.82. The molecule has 114 valence electrons. The van der Waals surface area contributed by atoms with Gasteiger partial charge in [0, 0.05) is 11.6 Å². The van der Waals surface area contributed by atoms with Gasteiger partial charge in [-0.25, -0.2) is 4.79 Å². The van der Waals surface area contributed by atoms with Crippen molar-refractivity contribution in [2.45, 2.75) is 0 Å². The van der Waals surface area contributed by atoms with E-state index in [1.807, 2.05) is 7.05 Å². The molecule has 0 spiro atoms. The Balaban J connectivity index is 0.00000361. The number of ether oxygens (including phenoxy) is 3. The lowest BCUT2D eigenvalue weighted by Gasteiger charge is -2.11. The molecule has 0 unspecified atom stereocenters. The van der Waals surface area contributed by atoms with Gasteiger partial charge in [0.2, 0.25) is 0 Å². The van der Waals surface area contributed by atoms with E-state index in [1.54, 1.807) is 12.1 Å². The molecule has 0 fully saturated rings. The molecule has 0 saturated heterocycles. The van der Waals surface area contributed by atoms with E-state index >= 15 is 0 Å². The third kappa shape index (κ3) is 6.43. The SMILES string of the molecule is CNCCOCCOc1ccc(Cl)cc1C(=O)OC.Cl. The fourth-order valence-corrected chi connectivity index (χ4v) is 1.56. The number of carbonyl (C=O) groups excluding carboxylic acids is 1. The summed E-state index contributed by atoms with van der Waals surface area (Å²) in [6.45, 7) is 2.21. The minimum absolute atomic E-state index is 0. The second kappa shape index (κ2) is 10.7. The fourth-order valence-electron chi connectivity index (χ4n) is 1.38. The molecule has 0 aromatic heterocycles. The van der Waals surface area contributed by atoms with Crippen molar-refractivity contribution in [3.05, 3.63) is 28.8 Å². The van der Waals surface area contributed by atoms with Crippen LogP contribution in [0.5, 0.6) is 5.75 Å². The zero-order chi connectivity index (χ0) is 14.1. The van der Waals surface area contributed by atoms with Gasteiger partial charge in [0.1, 0.15) is 17.9 Å². The first-order valence-corrected chi connectivity index (χ1v) is 6.30. The molecule has 0 saturated carbocycles. The summed E-state index contributed by atoms with van der Waals surface area (Å²) in [6.07, 6.45) is 0. The summed E-state index contributed by atoms with van der Waals surface area (Å²) in [7, 11) is 3.17. The Hall–Kier alpha value is -1.01. The molecule has 1 aromatic carbocycles. The van der Waals surface area contributed by atoms with Crippen LogP contribution in [-0.2, 0) is 9.47 Å². The van der Waals surface area contributed by atoms with Crippen molar-refractivity contribution in [3.8, 4) is 5.75 Å². The van der Waals surface area contributed by atoms with Crippen LogP contribution in [0.1, 0.15) is 10.4 Å². The molecular weight excluding hydrogens is 305 g/mol. The first-order valence-electron chi connectivity index (χ1n) is 5.92. The molecule has 0 heterocycles. The van der Waals surface area contributed by atoms with Crippen molar-refractivity contribution >= 4 is 30.0 Å². The predicted octanol–water partition coefficient (Wildman–Crippen LogP) is 2.16. The number of nitrogens with one attached hydrogen (secondary N) is 1. The highest BCUT2D eigenvalue weighted by molar-refractivity contribution is 6.31. The molecule has 1 rings (SSSR count). The largest absolute Gasteiger partial charge is 0.490 e. The molecule has 20 heavy (non-hydrogen) atoms. The number of benzene rings is 1. The topological polar surface area (TPSA) is 56.8 Å². The van der Waals surface area contributed by atoms with Gasteiger partial charge >= 0.3 is 5.97 Å². The van der Waals surface area contributed by atoms with Gasteiger partial charge in [-0.1, -0.05) is 11.6 Å². The average molecular weight is 324 g/mol. The van der Waals surface area contributed by atoms with E-state index in [0.717, 1.165) is 6.54 Å². The highest BCUT2D eigenvalue weighted by Gasteiger charge is 2.13. The van der Waals surface area contributed by atoms with Gasteiger partial charge in [-0.05, 0) is 25.2 Å². The van der Waals surface area contributed by atoms with Crippen LogP contribution in [0.2, 0.25) is 5.02 Å². The maximum absolute atomic E-state index is 11.6. The van der Waals surface area contributed by atoms with Gasteiger partial charge in [-0.2, -0.15) is 0 Å². The Kier molecular flexibility index (Phi) is 10.2. The van der Waals surface area contributed by atoms with Crippen molar-refractivity contribution in [1.29, 1.82) is 0 Å². The first kappa shape index (κ1) is 19.0. The normalized spacial score (nSPS) is 9.75. The van der Waals surface area contributed by atoms with Crippen molar-refractivity contribution in [3.63, 3.8) is 0 Å². The van der Waals surface area contributed by atoms with Crippen molar-refractivity contribution in [2.75, 3.05) is 40.5 Å². The number of halogens is 2. The molecule has 0 amide bonds. The molecule has 0 radical (unpaired) electrons. The van der Waals surface area contributed by atoms with Crippen molar-refractivity contribution in [2.24, 2.45) is 0 Å². The van der Waals surface area contributed by atoms with Crippen LogP contribution < -0.4 is 10.1 Å². The van der Waals surface area contributed by atoms with Crippen molar-refractivity contribution in [1.82, 2.24) is 5.32 Å². The second-order valence-corrected chi connectivity index (χ2v) is 4.13. The van der Waals surface area contributed by atoms with Gasteiger partial charge in [0.25, 0.3) is 0 Å². The predicted molar refractivity (Wildman–Crippen MR) is 80.3 cm³/mol. The molecule has 0 bridgehead atoms. The molecule has 7 heteroatoms. The number of rotatable bonds is 8. The standard InChI is InChI=1S/C13H18ClNO4.ClH/c1-15-5-6-18-7-8-19-12-4-3-10(14)9-11(12)13(16)17-2;/h3-4,9,15H,5-8H2,1-2H3;1H. The summed E-state index contributed by atoms with van der Waals surface area (Å²) in [5, 5.41) is 3.43. The maximum Gasteiger partial charge on any atom is 0.341 e. The van der Waals surface area contributed by atoms with Gasteiger partial charge < -0.3 is 19.5 Å². The van der Waals surface area contributed by atoms with E-state index in [4.69, 9.17) is 21.1 Å². The zero-order valence-electron chi connectivity index (χ0n) is 11.5. The summed E-state index contributed by atoms with van der Waals surface area (Å²) >= 11 is 5.84. The van der Waals surface area contributed by atoms with E-state index < -0.39 is 5.97 Å². The number of hydrogen-bond donors (Lipinski definition) is 1. The Morgan fingerprint density at radius 3 is 2.70 bits per heavy atom. The Morgan fingerprint density at radius 2 is 2.05 bits per heavy atom. The van der Waals surface area contributed by atoms with Crippen LogP contribution in [0.15, 0.2) is 18.2 Å². The first-order chi connectivity index (χ1) is 9.19. The van der Waals surface area contributed by atoms with Gasteiger partial charge in [0.05, 0.1) is 20.3 Å². The molecule has 1 N–H and O–H groups in total. The minimum Gasteiger partial charge on any atom is -0.490 e. The lowest BCUT2D eigenvalue weighted by atomic mass is 10.2. The Morgan fingerprint density at radius 1 is 1.30 bits per heavy atom. The Labute approximate surface area is 129 Å². The highest BCUT2D eigenvalue weighted by Crippen LogP contribution is 2.23. The van der Waals surface area contributed by atoms with E-state index in [9.17, 15) is 4.79 Å². The number of hydrogen-bond acceptors (Lipinski definition) is 5. The molecule has 5 nitrogen and oxygen atoms in total. The second-order valence-electron chi connectivity index (χ2n) is 3.70. The van der Waals surface area contributed by atoms with Gasteiger partial charge in [0.15, 0.2) is 0 Å². The number of esters is 1. The number of carbonyl (C=O) groups is 1. The van der Waals surface area contributed by atoms with E-state index in [0.29, 0.717) is 36.2 Å². The maximum atomic E-state index is 11.6. The lowest BCUT2D eigenvalue weighted by Crippen LogP contribution is -2.17. The van der Waals surface area contributed by atoms with E-state index in [-0.39, 0.29) is 12.4 Å². The average Bonchev–Trinajstić information content (AvgIpc) is 2.43. The molecule has 0 atom stereocenters.